The molecule has 0 aliphatic carbocycles. The van der Waals surface area contributed by atoms with Gasteiger partial charge in [0.1, 0.15) is 11.9 Å². The van der Waals surface area contributed by atoms with Crippen molar-refractivity contribution in [1.82, 2.24) is 5.32 Å². The molecular weight excluding hydrogens is 198 g/mol. The van der Waals surface area contributed by atoms with Gasteiger partial charge in [-0.1, -0.05) is 18.5 Å². The first-order valence-corrected chi connectivity index (χ1v) is 5.23. The first kappa shape index (κ1) is 11.3. The predicted octanol–water partition coefficient (Wildman–Crippen LogP) is 2.72. The summed E-state index contributed by atoms with van der Waals surface area (Å²) in [5.41, 5.74) is 0. The van der Waals surface area contributed by atoms with Crippen molar-refractivity contribution < 1.29 is 4.74 Å². The van der Waals surface area contributed by atoms with Gasteiger partial charge in [0.25, 0.3) is 0 Å². The predicted molar refractivity (Wildman–Crippen MR) is 60.1 cm³/mol. The molecule has 1 rings (SSSR count). The zero-order valence-electron chi connectivity index (χ0n) is 8.59. The lowest BCUT2D eigenvalue weighted by Gasteiger charge is -2.14. The molecule has 0 aliphatic rings. The Labute approximate surface area is 90.2 Å². The summed E-state index contributed by atoms with van der Waals surface area (Å²) in [5, 5.41) is 3.96. The minimum Gasteiger partial charge on any atom is -0.489 e. The van der Waals surface area contributed by atoms with E-state index in [1.165, 1.54) is 0 Å². The van der Waals surface area contributed by atoms with Gasteiger partial charge in [-0.2, -0.15) is 0 Å². The van der Waals surface area contributed by atoms with E-state index in [-0.39, 0.29) is 6.10 Å². The van der Waals surface area contributed by atoms with E-state index in [9.17, 15) is 0 Å². The molecule has 1 unspecified atom stereocenters. The van der Waals surface area contributed by atoms with Gasteiger partial charge in [-0.15, -0.1) is 0 Å². The summed E-state index contributed by atoms with van der Waals surface area (Å²) < 4.78 is 5.65. The van der Waals surface area contributed by atoms with Crippen LogP contribution in [0.3, 0.4) is 0 Å². The molecule has 0 amide bonds. The summed E-state index contributed by atoms with van der Waals surface area (Å²) in [5.74, 6) is 0.861. The Bertz CT molecular complexity index is 260. The van der Waals surface area contributed by atoms with E-state index < -0.39 is 0 Å². The van der Waals surface area contributed by atoms with Gasteiger partial charge >= 0.3 is 0 Å². The zero-order valence-corrected chi connectivity index (χ0v) is 9.34. The highest BCUT2D eigenvalue weighted by Gasteiger charge is 2.02. The molecule has 0 spiro atoms. The van der Waals surface area contributed by atoms with Crippen LogP contribution in [0.5, 0.6) is 5.75 Å². The van der Waals surface area contributed by atoms with Gasteiger partial charge in [-0.3, -0.25) is 0 Å². The third kappa shape index (κ3) is 3.99. The number of ether oxygens (including phenoxy) is 1. The third-order valence-corrected chi connectivity index (χ3v) is 2.08. The molecule has 1 aromatic rings. The molecule has 0 bridgehead atoms. The topological polar surface area (TPSA) is 21.3 Å². The lowest BCUT2D eigenvalue weighted by Crippen LogP contribution is -2.28. The van der Waals surface area contributed by atoms with Crippen LogP contribution in [0, 0.1) is 0 Å². The van der Waals surface area contributed by atoms with Gasteiger partial charge in [0.2, 0.25) is 0 Å². The van der Waals surface area contributed by atoms with Crippen molar-refractivity contribution in [2.75, 3.05) is 13.1 Å². The van der Waals surface area contributed by atoms with E-state index in [1.54, 1.807) is 0 Å². The standard InChI is InChI=1S/C11H16ClNO/c1-3-13-8-9(2)14-11-6-4-10(12)5-7-11/h4-7,9,13H,3,8H2,1-2H3. The van der Waals surface area contributed by atoms with Crippen LogP contribution < -0.4 is 10.1 Å². The highest BCUT2D eigenvalue weighted by molar-refractivity contribution is 6.30. The van der Waals surface area contributed by atoms with Gasteiger partial charge in [-0.25, -0.2) is 0 Å². The fourth-order valence-corrected chi connectivity index (χ4v) is 1.26. The van der Waals surface area contributed by atoms with Crippen molar-refractivity contribution in [3.05, 3.63) is 29.3 Å². The van der Waals surface area contributed by atoms with Crippen LogP contribution >= 0.6 is 11.6 Å². The fourth-order valence-electron chi connectivity index (χ4n) is 1.13. The molecule has 1 N–H and O–H groups in total. The molecule has 0 saturated heterocycles. The van der Waals surface area contributed by atoms with Crippen LogP contribution in [0.1, 0.15) is 13.8 Å². The van der Waals surface area contributed by atoms with Crippen molar-refractivity contribution in [3.63, 3.8) is 0 Å². The van der Waals surface area contributed by atoms with Crippen molar-refractivity contribution in [1.29, 1.82) is 0 Å². The van der Waals surface area contributed by atoms with E-state index in [0.29, 0.717) is 0 Å². The number of rotatable bonds is 5. The molecule has 0 radical (unpaired) electrons. The van der Waals surface area contributed by atoms with Crippen LogP contribution in [0.15, 0.2) is 24.3 Å². The molecule has 78 valence electrons. The Hall–Kier alpha value is -0.730. The minimum absolute atomic E-state index is 0.177. The van der Waals surface area contributed by atoms with E-state index in [4.69, 9.17) is 16.3 Å². The SMILES string of the molecule is CCNCC(C)Oc1ccc(Cl)cc1. The minimum atomic E-state index is 0.177. The maximum absolute atomic E-state index is 5.76. The van der Waals surface area contributed by atoms with Crippen molar-refractivity contribution >= 4 is 11.6 Å². The zero-order chi connectivity index (χ0) is 10.4. The molecule has 0 saturated carbocycles. The maximum Gasteiger partial charge on any atom is 0.119 e. The monoisotopic (exact) mass is 213 g/mol. The van der Waals surface area contributed by atoms with Gasteiger partial charge < -0.3 is 10.1 Å². The number of benzene rings is 1. The van der Waals surface area contributed by atoms with Crippen LogP contribution in [-0.2, 0) is 0 Å². The molecule has 14 heavy (non-hydrogen) atoms. The molecule has 1 atom stereocenters. The average Bonchev–Trinajstić information content (AvgIpc) is 2.18. The van der Waals surface area contributed by atoms with Crippen LogP contribution in [-0.4, -0.2) is 19.2 Å². The lowest BCUT2D eigenvalue weighted by atomic mass is 10.3. The number of halogens is 1. The largest absolute Gasteiger partial charge is 0.489 e. The first-order chi connectivity index (χ1) is 6.72. The number of likely N-dealkylation sites (N-methyl/N-ethyl adjacent to an activating group) is 1. The fraction of sp³-hybridized carbons (Fsp3) is 0.455. The molecule has 0 heterocycles. The summed E-state index contributed by atoms with van der Waals surface area (Å²) in [6.07, 6.45) is 0.177. The number of hydrogen-bond acceptors (Lipinski definition) is 2. The Kier molecular flexibility index (Phi) is 4.77. The molecular formula is C11H16ClNO. The second kappa shape index (κ2) is 5.89. The van der Waals surface area contributed by atoms with Crippen molar-refractivity contribution in [2.24, 2.45) is 0 Å². The molecule has 3 heteroatoms. The van der Waals surface area contributed by atoms with Crippen LogP contribution in [0.4, 0.5) is 0 Å². The van der Waals surface area contributed by atoms with Crippen molar-refractivity contribution in [3.8, 4) is 5.75 Å². The quantitative estimate of drug-likeness (QED) is 0.812. The summed E-state index contributed by atoms with van der Waals surface area (Å²) in [4.78, 5) is 0. The number of nitrogens with one attached hydrogen (secondary N) is 1. The van der Waals surface area contributed by atoms with E-state index in [2.05, 4.69) is 12.2 Å². The summed E-state index contributed by atoms with van der Waals surface area (Å²) in [6, 6.07) is 7.42. The Morgan fingerprint density at radius 3 is 2.57 bits per heavy atom. The molecule has 2 nitrogen and oxygen atoms in total. The van der Waals surface area contributed by atoms with Crippen LogP contribution in [0.2, 0.25) is 5.02 Å². The third-order valence-electron chi connectivity index (χ3n) is 1.83. The smallest absolute Gasteiger partial charge is 0.119 e. The molecule has 0 fully saturated rings. The molecule has 0 aromatic heterocycles. The molecule has 0 aliphatic heterocycles. The summed E-state index contributed by atoms with van der Waals surface area (Å²) >= 11 is 5.76. The molecule has 1 aromatic carbocycles. The van der Waals surface area contributed by atoms with Crippen molar-refractivity contribution in [2.45, 2.75) is 20.0 Å². The second-order valence-electron chi connectivity index (χ2n) is 3.19. The highest BCUT2D eigenvalue weighted by atomic mass is 35.5. The van der Waals surface area contributed by atoms with Gasteiger partial charge in [0.05, 0.1) is 0 Å². The Morgan fingerprint density at radius 2 is 2.00 bits per heavy atom. The van der Waals surface area contributed by atoms with Crippen LogP contribution in [0.25, 0.3) is 0 Å². The Morgan fingerprint density at radius 1 is 1.36 bits per heavy atom. The highest BCUT2D eigenvalue weighted by Crippen LogP contribution is 2.16. The summed E-state index contributed by atoms with van der Waals surface area (Å²) in [7, 11) is 0. The van der Waals surface area contributed by atoms with Gasteiger partial charge in [0, 0.05) is 11.6 Å². The Balaban J connectivity index is 2.39. The van der Waals surface area contributed by atoms with E-state index >= 15 is 0 Å². The number of hydrogen-bond donors (Lipinski definition) is 1. The second-order valence-corrected chi connectivity index (χ2v) is 3.63. The summed E-state index contributed by atoms with van der Waals surface area (Å²) in [6.45, 7) is 5.94. The van der Waals surface area contributed by atoms with E-state index in [1.807, 2.05) is 31.2 Å². The van der Waals surface area contributed by atoms with Gasteiger partial charge in [-0.05, 0) is 37.7 Å². The van der Waals surface area contributed by atoms with E-state index in [0.717, 1.165) is 23.9 Å². The average molecular weight is 214 g/mol. The van der Waals surface area contributed by atoms with Gasteiger partial charge in [0.15, 0.2) is 0 Å². The normalized spacial score (nSPS) is 12.5. The first-order valence-electron chi connectivity index (χ1n) is 4.85. The maximum atomic E-state index is 5.76. The lowest BCUT2D eigenvalue weighted by molar-refractivity contribution is 0.218.